The molecule has 0 saturated carbocycles. The van der Waals surface area contributed by atoms with Crippen molar-refractivity contribution in [2.24, 2.45) is 5.41 Å². The van der Waals surface area contributed by atoms with Gasteiger partial charge in [0.1, 0.15) is 5.75 Å². The summed E-state index contributed by atoms with van der Waals surface area (Å²) < 4.78 is 5.40. The molecule has 0 radical (unpaired) electrons. The summed E-state index contributed by atoms with van der Waals surface area (Å²) >= 11 is 11.3. The number of aliphatic hydroxyl groups excluding tert-OH is 1. The average molecular weight is 500 g/mol. The third-order valence-electron chi connectivity index (χ3n) is 7.31. The lowest BCUT2D eigenvalue weighted by molar-refractivity contribution is 0.0353. The summed E-state index contributed by atoms with van der Waals surface area (Å²) in [4.78, 5) is 11.2. The lowest BCUT2D eigenvalue weighted by Gasteiger charge is -2.41. The Morgan fingerprint density at radius 2 is 2.06 bits per heavy atom. The van der Waals surface area contributed by atoms with Gasteiger partial charge in [0.15, 0.2) is 0 Å². The number of aryl methyl sites for hydroxylation is 1. The van der Waals surface area contributed by atoms with Gasteiger partial charge in [-0.3, -0.25) is 9.97 Å². The molecule has 0 aliphatic carbocycles. The molecular formula is C27H34ClN3O2S. The van der Waals surface area contributed by atoms with Crippen LogP contribution in [0.4, 0.5) is 0 Å². The summed E-state index contributed by atoms with van der Waals surface area (Å²) in [5.41, 5.74) is 3.21. The van der Waals surface area contributed by atoms with Crippen LogP contribution in [-0.4, -0.2) is 53.3 Å². The first kappa shape index (κ1) is 25.2. The number of likely N-dealkylation sites (tertiary alicyclic amines) is 1. The Bertz CT molecular complexity index is 1070. The molecule has 1 saturated heterocycles. The highest BCUT2D eigenvalue weighted by atomic mass is 35.5. The van der Waals surface area contributed by atoms with Crippen molar-refractivity contribution >= 4 is 35.1 Å². The largest absolute Gasteiger partial charge is 0.497 e. The minimum Gasteiger partial charge on any atom is -0.497 e. The highest BCUT2D eigenvalue weighted by molar-refractivity contribution is 7.80. The average Bonchev–Trinajstić information content (AvgIpc) is 2.89. The van der Waals surface area contributed by atoms with Crippen LogP contribution in [0.5, 0.6) is 5.75 Å². The lowest BCUT2D eigenvalue weighted by Crippen LogP contribution is -2.42. The summed E-state index contributed by atoms with van der Waals surface area (Å²) in [6.07, 6.45) is 11.3. The highest BCUT2D eigenvalue weighted by Crippen LogP contribution is 2.38. The number of rotatable bonds is 10. The van der Waals surface area contributed by atoms with Gasteiger partial charge in [0, 0.05) is 35.8 Å². The van der Waals surface area contributed by atoms with E-state index in [1.54, 1.807) is 19.5 Å². The van der Waals surface area contributed by atoms with E-state index in [2.05, 4.69) is 20.9 Å². The Balaban J connectivity index is 1.31. The molecule has 3 aromatic rings. The summed E-state index contributed by atoms with van der Waals surface area (Å²) in [5.74, 6) is 0.809. The molecule has 1 aromatic carbocycles. The van der Waals surface area contributed by atoms with E-state index >= 15 is 0 Å². The van der Waals surface area contributed by atoms with Crippen LogP contribution in [0, 0.1) is 5.41 Å². The number of benzene rings is 1. The number of halogens is 1. The van der Waals surface area contributed by atoms with Crippen LogP contribution >= 0.6 is 24.2 Å². The van der Waals surface area contributed by atoms with E-state index in [0.29, 0.717) is 5.02 Å². The number of aliphatic hydroxyl groups is 1. The van der Waals surface area contributed by atoms with Gasteiger partial charge in [0.05, 0.1) is 17.6 Å². The first-order valence-electron chi connectivity index (χ1n) is 12.1. The number of hydrogen-bond acceptors (Lipinski definition) is 6. The predicted octanol–water partition coefficient (Wildman–Crippen LogP) is 5.75. The number of nitrogens with zero attached hydrogens (tertiary/aromatic N) is 3. The standard InChI is InChI=1S/C27H34ClN3O2S/c1-33-21-6-7-25-23(16-21)22(24(28)18-30-25)5-2-9-27(19-32)10-14-31(15-11-27)13-8-26(34)20-4-3-12-29-17-20/h3-4,6-7,12,16-18,26,32,34H,2,5,8-11,13-15,19H2,1H3. The van der Waals surface area contributed by atoms with E-state index in [1.165, 1.54) is 5.56 Å². The van der Waals surface area contributed by atoms with Gasteiger partial charge in [-0.15, -0.1) is 0 Å². The van der Waals surface area contributed by atoms with Crippen LogP contribution in [0.25, 0.3) is 10.9 Å². The van der Waals surface area contributed by atoms with Crippen LogP contribution < -0.4 is 4.74 Å². The van der Waals surface area contributed by atoms with Crippen molar-refractivity contribution in [2.75, 3.05) is 33.4 Å². The van der Waals surface area contributed by atoms with Gasteiger partial charge < -0.3 is 14.7 Å². The van der Waals surface area contributed by atoms with Gasteiger partial charge in [-0.05, 0) is 99.0 Å². The van der Waals surface area contributed by atoms with Crippen molar-refractivity contribution in [3.8, 4) is 5.75 Å². The molecule has 1 aliphatic rings. The number of aromatic nitrogens is 2. The molecule has 4 rings (SSSR count). The van der Waals surface area contributed by atoms with Gasteiger partial charge in [-0.2, -0.15) is 12.6 Å². The Morgan fingerprint density at radius 3 is 2.76 bits per heavy atom. The van der Waals surface area contributed by atoms with Crippen molar-refractivity contribution in [1.82, 2.24) is 14.9 Å². The maximum absolute atomic E-state index is 10.3. The summed E-state index contributed by atoms with van der Waals surface area (Å²) in [7, 11) is 1.67. The van der Waals surface area contributed by atoms with Gasteiger partial charge in [-0.1, -0.05) is 17.7 Å². The van der Waals surface area contributed by atoms with E-state index in [1.807, 2.05) is 30.5 Å². The van der Waals surface area contributed by atoms with Crippen LogP contribution in [0.2, 0.25) is 5.02 Å². The molecule has 1 N–H and O–H groups in total. The van der Waals surface area contributed by atoms with Crippen molar-refractivity contribution in [3.63, 3.8) is 0 Å². The minimum atomic E-state index is -0.00673. The van der Waals surface area contributed by atoms with Crippen molar-refractivity contribution in [1.29, 1.82) is 0 Å². The molecule has 0 spiro atoms. The SMILES string of the molecule is COc1ccc2ncc(Cl)c(CCCC3(CO)CCN(CCC(S)c4cccnc4)CC3)c2c1. The normalized spacial score (nSPS) is 17.1. The molecule has 34 heavy (non-hydrogen) atoms. The molecule has 5 nitrogen and oxygen atoms in total. The third-order valence-corrected chi connectivity index (χ3v) is 8.19. The predicted molar refractivity (Wildman–Crippen MR) is 142 cm³/mol. The minimum absolute atomic E-state index is 0.00673. The highest BCUT2D eigenvalue weighted by Gasteiger charge is 2.33. The monoisotopic (exact) mass is 499 g/mol. The van der Waals surface area contributed by atoms with E-state index < -0.39 is 0 Å². The molecule has 0 bridgehead atoms. The quantitative estimate of drug-likeness (QED) is 0.348. The number of hydrogen-bond donors (Lipinski definition) is 2. The fourth-order valence-electron chi connectivity index (χ4n) is 5.01. The fourth-order valence-corrected chi connectivity index (χ4v) is 5.52. The van der Waals surface area contributed by atoms with Crippen LogP contribution in [0.1, 0.15) is 48.5 Å². The first-order chi connectivity index (χ1) is 16.5. The zero-order valence-electron chi connectivity index (χ0n) is 19.8. The van der Waals surface area contributed by atoms with E-state index in [-0.39, 0.29) is 17.3 Å². The van der Waals surface area contributed by atoms with E-state index in [9.17, 15) is 5.11 Å². The molecule has 1 unspecified atom stereocenters. The molecule has 2 aromatic heterocycles. The number of ether oxygens (including phenoxy) is 1. The summed E-state index contributed by atoms with van der Waals surface area (Å²) in [5, 5.41) is 12.2. The van der Waals surface area contributed by atoms with E-state index in [4.69, 9.17) is 29.0 Å². The molecule has 0 amide bonds. The van der Waals surface area contributed by atoms with Crippen molar-refractivity contribution in [2.45, 2.75) is 43.8 Å². The second-order valence-corrected chi connectivity index (χ2v) is 10.4. The molecule has 3 heterocycles. The fraction of sp³-hybridized carbons (Fsp3) is 0.481. The van der Waals surface area contributed by atoms with E-state index in [0.717, 1.165) is 80.4 Å². The molecule has 1 fully saturated rings. The molecule has 182 valence electrons. The third kappa shape index (κ3) is 6.03. The number of piperidine rings is 1. The number of fused-ring (bicyclic) bond motifs is 1. The maximum atomic E-state index is 10.3. The maximum Gasteiger partial charge on any atom is 0.119 e. The van der Waals surface area contributed by atoms with Gasteiger partial charge >= 0.3 is 0 Å². The smallest absolute Gasteiger partial charge is 0.119 e. The Labute approximate surface area is 212 Å². The lowest BCUT2D eigenvalue weighted by atomic mass is 9.75. The van der Waals surface area contributed by atoms with Gasteiger partial charge in [-0.25, -0.2) is 0 Å². The topological polar surface area (TPSA) is 58.5 Å². The second kappa shape index (κ2) is 11.7. The van der Waals surface area contributed by atoms with Crippen LogP contribution in [0.3, 0.4) is 0 Å². The Kier molecular flexibility index (Phi) is 8.70. The molecule has 1 aliphatic heterocycles. The number of pyridine rings is 2. The zero-order chi connectivity index (χ0) is 24.0. The first-order valence-corrected chi connectivity index (χ1v) is 13.0. The van der Waals surface area contributed by atoms with Crippen molar-refractivity contribution in [3.05, 3.63) is 65.1 Å². The molecular weight excluding hydrogens is 466 g/mol. The second-order valence-electron chi connectivity index (χ2n) is 9.41. The Hall–Kier alpha value is -1.86. The molecule has 1 atom stereocenters. The zero-order valence-corrected chi connectivity index (χ0v) is 21.4. The summed E-state index contributed by atoms with van der Waals surface area (Å²) in [6.45, 7) is 3.30. The summed E-state index contributed by atoms with van der Waals surface area (Å²) in [6, 6.07) is 9.97. The van der Waals surface area contributed by atoms with Crippen LogP contribution in [-0.2, 0) is 6.42 Å². The Morgan fingerprint density at radius 1 is 1.24 bits per heavy atom. The number of methoxy groups -OCH3 is 1. The van der Waals surface area contributed by atoms with Gasteiger partial charge in [0.2, 0.25) is 0 Å². The molecule has 7 heteroatoms. The van der Waals surface area contributed by atoms with Crippen LogP contribution in [0.15, 0.2) is 48.9 Å². The number of thiol groups is 1. The van der Waals surface area contributed by atoms with Gasteiger partial charge in [0.25, 0.3) is 0 Å². The van der Waals surface area contributed by atoms with Crippen molar-refractivity contribution < 1.29 is 9.84 Å².